The smallest absolute Gasteiger partial charge is 0.337 e. The van der Waals surface area contributed by atoms with Gasteiger partial charge in [0, 0.05) is 17.3 Å². The molecule has 1 heterocycles. The third-order valence-corrected chi connectivity index (χ3v) is 3.42. The minimum atomic E-state index is -1.14. The lowest BCUT2D eigenvalue weighted by Crippen LogP contribution is -1.96. The van der Waals surface area contributed by atoms with Crippen molar-refractivity contribution in [1.29, 1.82) is 0 Å². The number of halogens is 3. The lowest BCUT2D eigenvalue weighted by Gasteiger charge is -2.03. The molecule has 5 nitrogen and oxygen atoms in total. The highest BCUT2D eigenvalue weighted by Crippen LogP contribution is 2.28. The van der Waals surface area contributed by atoms with E-state index in [0.29, 0.717) is 11.3 Å². The average Bonchev–Trinajstić information content (AvgIpc) is 2.94. The second-order valence-electron chi connectivity index (χ2n) is 4.81. The maximum Gasteiger partial charge on any atom is 0.337 e. The summed E-state index contributed by atoms with van der Waals surface area (Å²) in [5, 5.41) is 11.6. The molecule has 2 aromatic carbocycles. The van der Waals surface area contributed by atoms with Crippen molar-refractivity contribution in [3.8, 4) is 11.3 Å². The molecule has 0 bridgehead atoms. The molecule has 1 aromatic heterocycles. The van der Waals surface area contributed by atoms with Crippen LogP contribution in [0, 0.1) is 11.6 Å². The molecule has 0 saturated carbocycles. The molecule has 0 unspecified atom stereocenters. The molecule has 0 spiro atoms. The first kappa shape index (κ1) is 15.9. The SMILES string of the molecule is O=C(O)c1ccc(-c2cnc(Nc3cc(F)cc(F)c3)o2)cc1Cl. The summed E-state index contributed by atoms with van der Waals surface area (Å²) in [5.74, 6) is -2.30. The molecule has 2 N–H and O–H groups in total. The molecule has 0 atom stereocenters. The number of aromatic nitrogens is 1. The molecule has 3 rings (SSSR count). The summed E-state index contributed by atoms with van der Waals surface area (Å²) in [7, 11) is 0. The van der Waals surface area contributed by atoms with Crippen LogP contribution in [-0.4, -0.2) is 16.1 Å². The molecule has 0 fully saturated rings. The summed E-state index contributed by atoms with van der Waals surface area (Å²) >= 11 is 5.90. The zero-order valence-corrected chi connectivity index (χ0v) is 12.6. The normalized spacial score (nSPS) is 10.6. The largest absolute Gasteiger partial charge is 0.478 e. The zero-order valence-electron chi connectivity index (χ0n) is 11.9. The molecule has 8 heteroatoms. The number of rotatable bonds is 4. The van der Waals surface area contributed by atoms with Crippen LogP contribution in [0.1, 0.15) is 10.4 Å². The Morgan fingerprint density at radius 2 is 1.88 bits per heavy atom. The summed E-state index contributed by atoms with van der Waals surface area (Å²) in [5.41, 5.74) is 0.615. The summed E-state index contributed by atoms with van der Waals surface area (Å²) in [6.45, 7) is 0. The number of hydrogen-bond acceptors (Lipinski definition) is 4. The van der Waals surface area contributed by atoms with Crippen molar-refractivity contribution in [1.82, 2.24) is 4.98 Å². The number of carbonyl (C=O) groups is 1. The van der Waals surface area contributed by atoms with Crippen molar-refractivity contribution in [2.24, 2.45) is 0 Å². The predicted octanol–water partition coefficient (Wildman–Crippen LogP) is 4.72. The second-order valence-corrected chi connectivity index (χ2v) is 5.22. The van der Waals surface area contributed by atoms with Crippen molar-refractivity contribution in [2.75, 3.05) is 5.32 Å². The highest BCUT2D eigenvalue weighted by Gasteiger charge is 2.13. The van der Waals surface area contributed by atoms with Crippen LogP contribution >= 0.6 is 11.6 Å². The topological polar surface area (TPSA) is 75.4 Å². The fraction of sp³-hybridized carbons (Fsp3) is 0. The molecule has 0 amide bonds. The van der Waals surface area contributed by atoms with E-state index in [1.54, 1.807) is 0 Å². The Hall–Kier alpha value is -2.93. The van der Waals surface area contributed by atoms with Crippen LogP contribution in [0.4, 0.5) is 20.5 Å². The molecule has 0 aliphatic heterocycles. The van der Waals surface area contributed by atoms with Crippen LogP contribution in [0.25, 0.3) is 11.3 Å². The van der Waals surface area contributed by atoms with Gasteiger partial charge in [-0.1, -0.05) is 17.7 Å². The third-order valence-electron chi connectivity index (χ3n) is 3.10. The quantitative estimate of drug-likeness (QED) is 0.712. The Balaban J connectivity index is 1.85. The molecule has 0 radical (unpaired) electrons. The van der Waals surface area contributed by atoms with Crippen molar-refractivity contribution in [3.63, 3.8) is 0 Å². The van der Waals surface area contributed by atoms with Gasteiger partial charge in [0.05, 0.1) is 16.8 Å². The summed E-state index contributed by atoms with van der Waals surface area (Å²) in [6.07, 6.45) is 1.38. The average molecular weight is 351 g/mol. The summed E-state index contributed by atoms with van der Waals surface area (Å²) < 4.78 is 31.7. The van der Waals surface area contributed by atoms with Gasteiger partial charge in [-0.05, 0) is 24.3 Å². The first-order valence-corrected chi connectivity index (χ1v) is 7.02. The number of nitrogens with zero attached hydrogens (tertiary/aromatic N) is 1. The fourth-order valence-corrected chi connectivity index (χ4v) is 2.32. The minimum Gasteiger partial charge on any atom is -0.478 e. The molecule has 0 saturated heterocycles. The monoisotopic (exact) mass is 350 g/mol. The van der Waals surface area contributed by atoms with E-state index in [2.05, 4.69) is 10.3 Å². The van der Waals surface area contributed by atoms with Gasteiger partial charge in [-0.3, -0.25) is 0 Å². The lowest BCUT2D eigenvalue weighted by molar-refractivity contribution is 0.0697. The van der Waals surface area contributed by atoms with Gasteiger partial charge in [0.25, 0.3) is 6.01 Å². The van der Waals surface area contributed by atoms with Crippen molar-refractivity contribution < 1.29 is 23.1 Å². The predicted molar refractivity (Wildman–Crippen MR) is 83.5 cm³/mol. The minimum absolute atomic E-state index is 0.0217. The first-order chi connectivity index (χ1) is 11.4. The number of carboxylic acids is 1. The number of nitrogens with one attached hydrogen (secondary N) is 1. The van der Waals surface area contributed by atoms with E-state index in [9.17, 15) is 13.6 Å². The van der Waals surface area contributed by atoms with Crippen molar-refractivity contribution in [3.05, 3.63) is 64.8 Å². The summed E-state index contributed by atoms with van der Waals surface area (Å²) in [6, 6.07) is 7.24. The van der Waals surface area contributed by atoms with E-state index in [1.165, 1.54) is 24.4 Å². The van der Waals surface area contributed by atoms with Gasteiger partial charge in [0.15, 0.2) is 5.76 Å². The van der Waals surface area contributed by atoms with Crippen molar-refractivity contribution in [2.45, 2.75) is 0 Å². The molecule has 3 aromatic rings. The van der Waals surface area contributed by atoms with Gasteiger partial charge in [0.2, 0.25) is 0 Å². The molecule has 122 valence electrons. The number of anilines is 2. The molecule has 0 aliphatic rings. The van der Waals surface area contributed by atoms with Crippen LogP contribution in [0.3, 0.4) is 0 Å². The van der Waals surface area contributed by atoms with E-state index in [-0.39, 0.29) is 22.3 Å². The third kappa shape index (κ3) is 3.36. The number of benzene rings is 2. The first-order valence-electron chi connectivity index (χ1n) is 6.64. The molecular weight excluding hydrogens is 342 g/mol. The van der Waals surface area contributed by atoms with Crippen LogP contribution in [0.15, 0.2) is 47.0 Å². The molecular formula is C16H9ClF2N2O3. The van der Waals surface area contributed by atoms with E-state index >= 15 is 0 Å². The van der Waals surface area contributed by atoms with Gasteiger partial charge in [0.1, 0.15) is 11.6 Å². The van der Waals surface area contributed by atoms with Crippen LogP contribution in [-0.2, 0) is 0 Å². The Labute approximate surface area is 139 Å². The van der Waals surface area contributed by atoms with Gasteiger partial charge in [-0.2, -0.15) is 0 Å². The lowest BCUT2D eigenvalue weighted by atomic mass is 10.1. The van der Waals surface area contributed by atoms with Gasteiger partial charge >= 0.3 is 5.97 Å². The number of oxazole rings is 1. The molecule has 24 heavy (non-hydrogen) atoms. The van der Waals surface area contributed by atoms with E-state index in [4.69, 9.17) is 21.1 Å². The Morgan fingerprint density at radius 3 is 2.50 bits per heavy atom. The second kappa shape index (κ2) is 6.29. The Morgan fingerprint density at radius 1 is 1.17 bits per heavy atom. The van der Waals surface area contributed by atoms with E-state index < -0.39 is 17.6 Å². The zero-order chi connectivity index (χ0) is 17.3. The number of aromatic carboxylic acids is 1. The van der Waals surface area contributed by atoms with Crippen molar-refractivity contribution >= 4 is 29.3 Å². The van der Waals surface area contributed by atoms with Gasteiger partial charge in [-0.15, -0.1) is 0 Å². The highest BCUT2D eigenvalue weighted by molar-refractivity contribution is 6.33. The van der Waals surface area contributed by atoms with Gasteiger partial charge < -0.3 is 14.8 Å². The Bertz CT molecular complexity index is 907. The summed E-state index contributed by atoms with van der Waals surface area (Å²) in [4.78, 5) is 14.9. The van der Waals surface area contributed by atoms with E-state index in [0.717, 1.165) is 18.2 Å². The highest BCUT2D eigenvalue weighted by atomic mass is 35.5. The van der Waals surface area contributed by atoms with Crippen LogP contribution < -0.4 is 5.32 Å². The van der Waals surface area contributed by atoms with Crippen LogP contribution in [0.2, 0.25) is 5.02 Å². The Kier molecular flexibility index (Phi) is 4.18. The maximum absolute atomic E-state index is 13.2. The number of hydrogen-bond donors (Lipinski definition) is 2. The van der Waals surface area contributed by atoms with Gasteiger partial charge in [-0.25, -0.2) is 18.6 Å². The standard InChI is InChI=1S/C16H9ClF2N2O3/c17-13-3-8(1-2-12(13)15(22)23)14-7-20-16(24-14)21-11-5-9(18)4-10(19)6-11/h1-7H,(H,20,21)(H,22,23). The molecule has 0 aliphatic carbocycles. The number of carboxylic acid groups (broad SMARTS) is 1. The van der Waals surface area contributed by atoms with Crippen LogP contribution in [0.5, 0.6) is 0 Å². The fourth-order valence-electron chi connectivity index (χ4n) is 2.06. The maximum atomic E-state index is 13.2. The van der Waals surface area contributed by atoms with E-state index in [1.807, 2.05) is 0 Å².